The Morgan fingerprint density at radius 2 is 2.00 bits per heavy atom. The van der Waals surface area contributed by atoms with Gasteiger partial charge in [-0.1, -0.05) is 43.5 Å². The zero-order valence-electron chi connectivity index (χ0n) is 12.0. The molecule has 0 saturated heterocycles. The monoisotopic (exact) mass is 246 g/mol. The van der Waals surface area contributed by atoms with Crippen LogP contribution in [0.3, 0.4) is 0 Å². The molecule has 1 heteroatoms. The Morgan fingerprint density at radius 3 is 2.72 bits per heavy atom. The summed E-state index contributed by atoms with van der Waals surface area (Å²) < 4.78 is 0. The van der Waals surface area contributed by atoms with E-state index >= 15 is 0 Å². The molecule has 1 aromatic carbocycles. The van der Waals surface area contributed by atoms with Gasteiger partial charge in [-0.25, -0.2) is 0 Å². The molecule has 0 spiro atoms. The van der Waals surface area contributed by atoms with Crippen molar-refractivity contribution in [2.75, 3.05) is 0 Å². The van der Waals surface area contributed by atoms with Crippen LogP contribution < -0.4 is 0 Å². The minimum absolute atomic E-state index is 0.583. The molecule has 0 bridgehead atoms. The van der Waals surface area contributed by atoms with Crippen molar-refractivity contribution in [2.45, 2.75) is 64.9 Å². The second-order valence-corrected chi connectivity index (χ2v) is 6.06. The first-order chi connectivity index (χ1) is 8.55. The predicted octanol–water partition coefficient (Wildman–Crippen LogP) is 4.48. The lowest BCUT2D eigenvalue weighted by atomic mass is 9.83. The maximum Gasteiger partial charge on any atom is 0.0899 e. The van der Waals surface area contributed by atoms with E-state index < -0.39 is 5.60 Å². The average Bonchev–Trinajstić information content (AvgIpc) is 2.55. The largest absolute Gasteiger partial charge is 0.385 e. The molecule has 1 aromatic rings. The van der Waals surface area contributed by atoms with E-state index in [1.807, 2.05) is 0 Å². The van der Waals surface area contributed by atoms with Gasteiger partial charge in [-0.3, -0.25) is 0 Å². The van der Waals surface area contributed by atoms with E-state index in [4.69, 9.17) is 0 Å². The van der Waals surface area contributed by atoms with Gasteiger partial charge < -0.3 is 5.11 Å². The minimum Gasteiger partial charge on any atom is -0.385 e. The molecule has 2 unspecified atom stereocenters. The summed E-state index contributed by atoms with van der Waals surface area (Å²) in [5.74, 6) is 0.809. The fourth-order valence-corrected chi connectivity index (χ4v) is 3.31. The van der Waals surface area contributed by atoms with Crippen LogP contribution in [0.1, 0.15) is 62.1 Å². The highest BCUT2D eigenvalue weighted by Crippen LogP contribution is 2.40. The Morgan fingerprint density at radius 1 is 1.22 bits per heavy atom. The van der Waals surface area contributed by atoms with Gasteiger partial charge in [0.05, 0.1) is 5.60 Å². The molecule has 1 aliphatic rings. The van der Waals surface area contributed by atoms with Crippen LogP contribution in [0.4, 0.5) is 0 Å². The molecular weight excluding hydrogens is 220 g/mol. The van der Waals surface area contributed by atoms with Gasteiger partial charge in [-0.05, 0) is 56.6 Å². The SMILES string of the molecule is CCC1CCCC(O)(c2cc(C)ccc2C)CC1. The normalized spacial score (nSPS) is 29.0. The molecule has 2 atom stereocenters. The first-order valence-corrected chi connectivity index (χ1v) is 7.35. The van der Waals surface area contributed by atoms with E-state index in [9.17, 15) is 5.11 Å². The minimum atomic E-state index is -0.583. The van der Waals surface area contributed by atoms with Crippen molar-refractivity contribution in [1.82, 2.24) is 0 Å². The molecule has 1 N–H and O–H groups in total. The predicted molar refractivity (Wildman–Crippen MR) is 76.7 cm³/mol. The van der Waals surface area contributed by atoms with Gasteiger partial charge >= 0.3 is 0 Å². The molecule has 0 amide bonds. The fourth-order valence-electron chi connectivity index (χ4n) is 3.31. The van der Waals surface area contributed by atoms with E-state index in [2.05, 4.69) is 39.0 Å². The Balaban J connectivity index is 2.27. The number of aliphatic hydroxyl groups is 1. The van der Waals surface area contributed by atoms with Crippen LogP contribution in [-0.2, 0) is 5.60 Å². The Kier molecular flexibility index (Phi) is 4.11. The highest BCUT2D eigenvalue weighted by atomic mass is 16.3. The Hall–Kier alpha value is -0.820. The highest BCUT2D eigenvalue weighted by Gasteiger charge is 2.33. The summed E-state index contributed by atoms with van der Waals surface area (Å²) in [7, 11) is 0. The molecule has 1 aliphatic carbocycles. The first kappa shape index (κ1) is 13.6. The Bertz CT molecular complexity index is 410. The van der Waals surface area contributed by atoms with E-state index in [0.717, 1.165) is 25.2 Å². The summed E-state index contributed by atoms with van der Waals surface area (Å²) in [5.41, 5.74) is 3.07. The van der Waals surface area contributed by atoms with Crippen LogP contribution in [0.5, 0.6) is 0 Å². The molecule has 2 rings (SSSR count). The van der Waals surface area contributed by atoms with Crippen LogP contribution in [0.2, 0.25) is 0 Å². The quantitative estimate of drug-likeness (QED) is 0.763. The molecular formula is C17H26O. The van der Waals surface area contributed by atoms with Crippen LogP contribution >= 0.6 is 0 Å². The number of hydrogen-bond donors (Lipinski definition) is 1. The summed E-state index contributed by atoms with van der Waals surface area (Å²) in [4.78, 5) is 0. The van der Waals surface area contributed by atoms with Gasteiger partial charge in [0.2, 0.25) is 0 Å². The highest BCUT2D eigenvalue weighted by molar-refractivity contribution is 5.35. The maximum atomic E-state index is 11.0. The molecule has 1 saturated carbocycles. The van der Waals surface area contributed by atoms with Crippen molar-refractivity contribution >= 4 is 0 Å². The zero-order chi connectivity index (χ0) is 13.2. The van der Waals surface area contributed by atoms with E-state index in [1.54, 1.807) is 0 Å². The van der Waals surface area contributed by atoms with Crippen molar-refractivity contribution in [3.8, 4) is 0 Å². The fraction of sp³-hybridized carbons (Fsp3) is 0.647. The van der Waals surface area contributed by atoms with Crippen molar-refractivity contribution in [2.24, 2.45) is 5.92 Å². The van der Waals surface area contributed by atoms with Gasteiger partial charge in [0.1, 0.15) is 0 Å². The summed E-state index contributed by atoms with van der Waals surface area (Å²) in [6.07, 6.45) is 6.71. The molecule has 1 nitrogen and oxygen atoms in total. The molecule has 0 aromatic heterocycles. The van der Waals surface area contributed by atoms with Crippen molar-refractivity contribution in [3.05, 3.63) is 34.9 Å². The van der Waals surface area contributed by atoms with Crippen molar-refractivity contribution < 1.29 is 5.11 Å². The van der Waals surface area contributed by atoms with Crippen LogP contribution in [-0.4, -0.2) is 5.11 Å². The molecule has 0 aliphatic heterocycles. The lowest BCUT2D eigenvalue weighted by molar-refractivity contribution is 0.0190. The van der Waals surface area contributed by atoms with Gasteiger partial charge in [-0.2, -0.15) is 0 Å². The van der Waals surface area contributed by atoms with E-state index in [1.165, 1.54) is 36.0 Å². The van der Waals surface area contributed by atoms with Crippen LogP contribution in [0.25, 0.3) is 0 Å². The molecule has 18 heavy (non-hydrogen) atoms. The topological polar surface area (TPSA) is 20.2 Å². The molecule has 0 radical (unpaired) electrons. The lowest BCUT2D eigenvalue weighted by Gasteiger charge is -2.29. The molecule has 1 fully saturated rings. The lowest BCUT2D eigenvalue weighted by Crippen LogP contribution is -2.26. The number of aryl methyl sites for hydroxylation is 2. The smallest absolute Gasteiger partial charge is 0.0899 e. The van der Waals surface area contributed by atoms with Crippen molar-refractivity contribution in [3.63, 3.8) is 0 Å². The summed E-state index contributed by atoms with van der Waals surface area (Å²) in [6, 6.07) is 6.46. The zero-order valence-corrected chi connectivity index (χ0v) is 12.0. The molecule has 0 heterocycles. The standard InChI is InChI=1S/C17H26O/c1-4-15-6-5-10-17(18,11-9-15)16-12-13(2)7-8-14(16)3/h7-8,12,15,18H,4-6,9-11H2,1-3H3. The van der Waals surface area contributed by atoms with E-state index in [-0.39, 0.29) is 0 Å². The van der Waals surface area contributed by atoms with Crippen LogP contribution in [0, 0.1) is 19.8 Å². The summed E-state index contributed by atoms with van der Waals surface area (Å²) >= 11 is 0. The molecule has 100 valence electrons. The van der Waals surface area contributed by atoms with E-state index in [0.29, 0.717) is 0 Å². The third-order valence-electron chi connectivity index (χ3n) is 4.64. The third-order valence-corrected chi connectivity index (χ3v) is 4.64. The van der Waals surface area contributed by atoms with Gasteiger partial charge in [0.25, 0.3) is 0 Å². The maximum absolute atomic E-state index is 11.0. The summed E-state index contributed by atoms with van der Waals surface area (Å²) in [6.45, 7) is 6.50. The second kappa shape index (κ2) is 5.44. The summed E-state index contributed by atoms with van der Waals surface area (Å²) in [5, 5.41) is 11.0. The average molecular weight is 246 g/mol. The van der Waals surface area contributed by atoms with Crippen molar-refractivity contribution in [1.29, 1.82) is 0 Å². The van der Waals surface area contributed by atoms with Gasteiger partial charge in [-0.15, -0.1) is 0 Å². The number of benzene rings is 1. The number of rotatable bonds is 2. The first-order valence-electron chi connectivity index (χ1n) is 7.35. The second-order valence-electron chi connectivity index (χ2n) is 6.06. The van der Waals surface area contributed by atoms with Gasteiger partial charge in [0.15, 0.2) is 0 Å². The Labute approximate surface area is 111 Å². The van der Waals surface area contributed by atoms with Crippen LogP contribution in [0.15, 0.2) is 18.2 Å². The van der Waals surface area contributed by atoms with Gasteiger partial charge in [0, 0.05) is 0 Å². The third kappa shape index (κ3) is 2.77. The number of hydrogen-bond acceptors (Lipinski definition) is 1.